The van der Waals surface area contributed by atoms with Gasteiger partial charge in [0, 0.05) is 12.7 Å². The monoisotopic (exact) mass is 566 g/mol. The lowest BCUT2D eigenvalue weighted by atomic mass is 10.1. The summed E-state index contributed by atoms with van der Waals surface area (Å²) in [5.41, 5.74) is 5.75. The highest BCUT2D eigenvalue weighted by Crippen LogP contribution is 2.15. The first-order valence-electron chi connectivity index (χ1n) is 13.7. The van der Waals surface area contributed by atoms with E-state index in [0.717, 1.165) is 75.9 Å². The van der Waals surface area contributed by atoms with Gasteiger partial charge in [-0.15, -0.1) is 0 Å². The molecule has 216 valence electrons. The number of amidine groups is 1. The number of pyridine rings is 1. The Morgan fingerprint density at radius 1 is 0.786 bits per heavy atom. The SMILES string of the molecule is CC1=NC2C(=O)NCCCC2N1.Cc1nc2ccccc2[nH]1.Cc1nc2ccncc2[nH]1.Cc1nc2ncncc2[nH]1. The molecule has 5 N–H and O–H groups in total. The highest BCUT2D eigenvalue weighted by molar-refractivity contribution is 5.91. The minimum absolute atomic E-state index is 0.0712. The third kappa shape index (κ3) is 7.11. The standard InChI is InChI=1S/C8H13N3O.C8H8N2.C7H7N3.C6H6N4/c1-5-10-6-3-2-4-9-8(12)7(6)11-5;1-6-9-7-4-2-3-5-8(7)10-6;1-5-9-6-2-3-8-4-7(6)10-5;1-4-9-5-2-7-3-8-6(5)10-4/h6-7H,2-4H2,1H3,(H,9,12)(H,10,11);2-5H,1H3,(H,9,10);2-4H,1H3,(H,9,10);2-3H,1H3,(H,7,8,9,10). The number of carbonyl (C=O) groups excluding carboxylic acids is 1. The van der Waals surface area contributed by atoms with E-state index < -0.39 is 0 Å². The van der Waals surface area contributed by atoms with Crippen LogP contribution in [0.4, 0.5) is 0 Å². The molecule has 0 radical (unpaired) electrons. The Morgan fingerprint density at radius 3 is 2.24 bits per heavy atom. The van der Waals surface area contributed by atoms with Crippen LogP contribution in [0.25, 0.3) is 33.2 Å². The molecule has 42 heavy (non-hydrogen) atoms. The number of aryl methyl sites for hydroxylation is 3. The predicted molar refractivity (Wildman–Crippen MR) is 162 cm³/mol. The van der Waals surface area contributed by atoms with Gasteiger partial charge in [-0.1, -0.05) is 12.1 Å². The van der Waals surface area contributed by atoms with Crippen molar-refractivity contribution in [3.05, 3.63) is 72.7 Å². The number of amides is 1. The summed E-state index contributed by atoms with van der Waals surface area (Å²) in [4.78, 5) is 49.2. The molecule has 13 nitrogen and oxygen atoms in total. The molecule has 0 spiro atoms. The first kappa shape index (κ1) is 28.3. The number of carbonyl (C=O) groups is 1. The van der Waals surface area contributed by atoms with Gasteiger partial charge in [0.1, 0.15) is 29.3 Å². The van der Waals surface area contributed by atoms with Gasteiger partial charge in [-0.3, -0.25) is 14.8 Å². The zero-order chi connectivity index (χ0) is 29.5. The van der Waals surface area contributed by atoms with Gasteiger partial charge < -0.3 is 25.6 Å². The number of nitrogens with one attached hydrogen (secondary N) is 5. The molecule has 13 heteroatoms. The van der Waals surface area contributed by atoms with Crippen LogP contribution in [-0.4, -0.2) is 75.2 Å². The van der Waals surface area contributed by atoms with Crippen LogP contribution in [0.1, 0.15) is 37.2 Å². The molecule has 5 aromatic heterocycles. The van der Waals surface area contributed by atoms with E-state index in [0.29, 0.717) is 0 Å². The van der Waals surface area contributed by atoms with Crippen molar-refractivity contribution in [1.82, 2.24) is 55.5 Å². The molecule has 1 aromatic carbocycles. The zero-order valence-electron chi connectivity index (χ0n) is 24.0. The summed E-state index contributed by atoms with van der Waals surface area (Å²) in [7, 11) is 0. The van der Waals surface area contributed by atoms with Crippen molar-refractivity contribution in [1.29, 1.82) is 0 Å². The summed E-state index contributed by atoms with van der Waals surface area (Å²) < 4.78 is 0. The quantitative estimate of drug-likeness (QED) is 0.185. The van der Waals surface area contributed by atoms with E-state index in [1.165, 1.54) is 6.33 Å². The first-order valence-corrected chi connectivity index (χ1v) is 13.7. The number of aliphatic imine (C=N–C) groups is 1. The van der Waals surface area contributed by atoms with Gasteiger partial charge in [-0.2, -0.15) is 0 Å². The Bertz CT molecular complexity index is 1550. The molecule has 0 bridgehead atoms. The number of para-hydroxylation sites is 2. The molecule has 1 fully saturated rings. The Kier molecular flexibility index (Phi) is 8.75. The van der Waals surface area contributed by atoms with Crippen LogP contribution in [0.2, 0.25) is 0 Å². The predicted octanol–water partition coefficient (Wildman–Crippen LogP) is 3.45. The Balaban J connectivity index is 0.000000112. The van der Waals surface area contributed by atoms with Crippen molar-refractivity contribution in [2.75, 3.05) is 6.54 Å². The lowest BCUT2D eigenvalue weighted by Crippen LogP contribution is -2.40. The maximum atomic E-state index is 11.4. The molecule has 2 aliphatic rings. The van der Waals surface area contributed by atoms with E-state index in [9.17, 15) is 4.79 Å². The van der Waals surface area contributed by atoms with E-state index in [-0.39, 0.29) is 18.0 Å². The summed E-state index contributed by atoms with van der Waals surface area (Å²) in [6.07, 6.45) is 8.79. The summed E-state index contributed by atoms with van der Waals surface area (Å²) in [6, 6.07) is 9.97. The molecule has 8 rings (SSSR count). The van der Waals surface area contributed by atoms with Crippen LogP contribution in [0.3, 0.4) is 0 Å². The number of imidazole rings is 3. The number of fused-ring (bicyclic) bond motifs is 4. The fourth-order valence-corrected chi connectivity index (χ4v) is 4.74. The van der Waals surface area contributed by atoms with Crippen LogP contribution < -0.4 is 10.6 Å². The van der Waals surface area contributed by atoms with Crippen LogP contribution in [-0.2, 0) is 4.79 Å². The first-order chi connectivity index (χ1) is 20.4. The van der Waals surface area contributed by atoms with Gasteiger partial charge in [-0.25, -0.2) is 24.9 Å². The molecule has 1 saturated heterocycles. The lowest BCUT2D eigenvalue weighted by Gasteiger charge is -2.12. The molecule has 2 atom stereocenters. The Morgan fingerprint density at radius 2 is 1.48 bits per heavy atom. The maximum absolute atomic E-state index is 11.4. The smallest absolute Gasteiger partial charge is 0.247 e. The number of rotatable bonds is 0. The average molecular weight is 567 g/mol. The number of benzene rings is 1. The number of aromatic amines is 3. The van der Waals surface area contributed by atoms with Gasteiger partial charge in [0.2, 0.25) is 5.91 Å². The van der Waals surface area contributed by atoms with Crippen molar-refractivity contribution >= 4 is 45.0 Å². The molecule has 0 saturated carbocycles. The zero-order valence-corrected chi connectivity index (χ0v) is 24.0. The third-order valence-electron chi connectivity index (χ3n) is 6.56. The van der Waals surface area contributed by atoms with E-state index in [1.807, 2.05) is 58.0 Å². The Hall–Kier alpha value is -5.20. The second kappa shape index (κ2) is 13.0. The summed E-state index contributed by atoms with van der Waals surface area (Å²) in [6.45, 7) is 8.48. The highest BCUT2D eigenvalue weighted by Gasteiger charge is 2.33. The number of aromatic nitrogens is 9. The molecular weight excluding hydrogens is 532 g/mol. The van der Waals surface area contributed by atoms with Gasteiger partial charge in [0.05, 0.1) is 46.3 Å². The van der Waals surface area contributed by atoms with Crippen LogP contribution in [0.15, 0.2) is 60.2 Å². The number of hydrogen-bond donors (Lipinski definition) is 5. The van der Waals surface area contributed by atoms with Crippen molar-refractivity contribution in [2.45, 2.75) is 52.6 Å². The van der Waals surface area contributed by atoms with Crippen LogP contribution >= 0.6 is 0 Å². The van der Waals surface area contributed by atoms with Crippen molar-refractivity contribution in [3.63, 3.8) is 0 Å². The topological polar surface area (TPSA) is 178 Å². The Labute approximate surface area is 242 Å². The number of hydrogen-bond acceptors (Lipinski definition) is 9. The van der Waals surface area contributed by atoms with E-state index in [2.05, 4.69) is 60.5 Å². The maximum Gasteiger partial charge on any atom is 0.247 e. The molecule has 0 aliphatic carbocycles. The molecule has 2 unspecified atom stereocenters. The normalized spacial score (nSPS) is 17.3. The number of nitrogens with zero attached hydrogens (tertiary/aromatic N) is 7. The van der Waals surface area contributed by atoms with Gasteiger partial charge in [0.25, 0.3) is 0 Å². The molecule has 2 aliphatic heterocycles. The second-order valence-electron chi connectivity index (χ2n) is 9.98. The summed E-state index contributed by atoms with van der Waals surface area (Å²) >= 11 is 0. The minimum Gasteiger partial charge on any atom is -0.369 e. The molecule has 6 aromatic rings. The average Bonchev–Trinajstić information content (AvgIpc) is 3.72. The van der Waals surface area contributed by atoms with Crippen molar-refractivity contribution in [3.8, 4) is 0 Å². The van der Waals surface area contributed by atoms with Crippen molar-refractivity contribution < 1.29 is 4.79 Å². The van der Waals surface area contributed by atoms with Gasteiger partial charge >= 0.3 is 0 Å². The van der Waals surface area contributed by atoms with E-state index >= 15 is 0 Å². The van der Waals surface area contributed by atoms with Gasteiger partial charge in [0.15, 0.2) is 11.7 Å². The largest absolute Gasteiger partial charge is 0.369 e. The lowest BCUT2D eigenvalue weighted by molar-refractivity contribution is -0.122. The minimum atomic E-state index is -0.174. The van der Waals surface area contributed by atoms with Crippen LogP contribution in [0.5, 0.6) is 0 Å². The van der Waals surface area contributed by atoms with Crippen molar-refractivity contribution in [2.24, 2.45) is 4.99 Å². The summed E-state index contributed by atoms with van der Waals surface area (Å²) in [5, 5.41) is 6.07. The highest BCUT2D eigenvalue weighted by atomic mass is 16.2. The molecule has 7 heterocycles. The molecule has 1 amide bonds. The summed E-state index contributed by atoms with van der Waals surface area (Å²) in [5.74, 6) is 3.74. The third-order valence-corrected chi connectivity index (χ3v) is 6.56. The van der Waals surface area contributed by atoms with E-state index in [1.54, 1.807) is 18.6 Å². The van der Waals surface area contributed by atoms with Crippen LogP contribution in [0, 0.1) is 20.8 Å². The van der Waals surface area contributed by atoms with E-state index in [4.69, 9.17) is 0 Å². The second-order valence-corrected chi connectivity index (χ2v) is 9.98. The fraction of sp³-hybridized carbons (Fsp3) is 0.310. The number of H-pyrrole nitrogens is 3. The van der Waals surface area contributed by atoms with Gasteiger partial charge in [-0.05, 0) is 58.7 Å². The fourth-order valence-electron chi connectivity index (χ4n) is 4.74. The molecular formula is C29H34N12O.